The quantitative estimate of drug-likeness (QED) is 0.823. The molecular weight excluding hydrogens is 230 g/mol. The molecule has 1 aliphatic rings. The lowest BCUT2D eigenvalue weighted by atomic mass is 9.70. The maximum absolute atomic E-state index is 8.62. The molecule has 1 aromatic rings. The summed E-state index contributed by atoms with van der Waals surface area (Å²) in [5.41, 5.74) is -0.0893. The molecule has 0 unspecified atom stereocenters. The maximum atomic E-state index is 8.62. The predicted molar refractivity (Wildman–Crippen MR) is 64.6 cm³/mol. The Morgan fingerprint density at radius 2 is 2.00 bits per heavy atom. The topological polar surface area (TPSA) is 71.9 Å². The molecule has 0 amide bonds. The first kappa shape index (κ1) is 13.0. The van der Waals surface area contributed by atoms with E-state index in [0.717, 1.165) is 25.7 Å². The number of nitrogens with zero attached hydrogens (tertiary/aromatic N) is 3. The van der Waals surface area contributed by atoms with Gasteiger partial charge in [-0.05, 0) is 31.1 Å². The second-order valence-corrected chi connectivity index (χ2v) is 5.71. The number of hydrogen-bond acceptors (Lipinski definition) is 5. The van der Waals surface area contributed by atoms with E-state index in [1.54, 1.807) is 7.11 Å². The Kier molecular flexibility index (Phi) is 3.40. The maximum Gasteiger partial charge on any atom is 0.240 e. The third kappa shape index (κ3) is 2.39. The fourth-order valence-corrected chi connectivity index (χ4v) is 2.43. The van der Waals surface area contributed by atoms with Crippen molar-refractivity contribution in [3.05, 3.63) is 11.7 Å². The van der Waals surface area contributed by atoms with Crippen LogP contribution in [0.15, 0.2) is 4.52 Å². The molecule has 1 fully saturated rings. The van der Waals surface area contributed by atoms with Gasteiger partial charge in [-0.3, -0.25) is 0 Å². The van der Waals surface area contributed by atoms with Crippen molar-refractivity contribution in [2.45, 2.75) is 51.6 Å². The highest BCUT2D eigenvalue weighted by Crippen LogP contribution is 2.46. The fraction of sp³-hybridized carbons (Fsp3) is 0.769. The highest BCUT2D eigenvalue weighted by atomic mass is 16.5. The van der Waals surface area contributed by atoms with Gasteiger partial charge in [0.25, 0.3) is 0 Å². The first-order chi connectivity index (χ1) is 8.51. The zero-order valence-corrected chi connectivity index (χ0v) is 11.2. The van der Waals surface area contributed by atoms with Gasteiger partial charge in [-0.15, -0.1) is 0 Å². The van der Waals surface area contributed by atoms with E-state index in [1.165, 1.54) is 0 Å². The number of aromatic nitrogens is 2. The van der Waals surface area contributed by atoms with Crippen LogP contribution in [0, 0.1) is 16.7 Å². The molecule has 0 N–H and O–H groups in total. The van der Waals surface area contributed by atoms with Gasteiger partial charge in [0, 0.05) is 7.11 Å². The lowest BCUT2D eigenvalue weighted by molar-refractivity contribution is -0.0740. The van der Waals surface area contributed by atoms with Crippen molar-refractivity contribution in [2.24, 2.45) is 5.41 Å². The standard InChI is InChI=1S/C13H19N3O2/c1-12(2)5-7-13(17-3,8-6-12)11-15-10(4-9-14)18-16-11/h4-8H2,1-3H3. The van der Waals surface area contributed by atoms with E-state index in [2.05, 4.69) is 24.0 Å². The predicted octanol–water partition coefficient (Wildman–Crippen LogP) is 2.58. The summed E-state index contributed by atoms with van der Waals surface area (Å²) >= 11 is 0. The first-order valence-corrected chi connectivity index (χ1v) is 6.26. The smallest absolute Gasteiger partial charge is 0.240 e. The van der Waals surface area contributed by atoms with Crippen LogP contribution in [0.25, 0.3) is 0 Å². The second-order valence-electron chi connectivity index (χ2n) is 5.71. The van der Waals surface area contributed by atoms with Gasteiger partial charge in [-0.2, -0.15) is 10.2 Å². The summed E-state index contributed by atoms with van der Waals surface area (Å²) in [7, 11) is 1.69. The summed E-state index contributed by atoms with van der Waals surface area (Å²) in [6, 6.07) is 2.01. The van der Waals surface area contributed by atoms with Gasteiger partial charge in [0.15, 0.2) is 0 Å². The van der Waals surface area contributed by atoms with Gasteiger partial charge in [-0.25, -0.2) is 0 Å². The monoisotopic (exact) mass is 249 g/mol. The van der Waals surface area contributed by atoms with Crippen LogP contribution < -0.4 is 0 Å². The molecule has 0 aromatic carbocycles. The Bertz CT molecular complexity index is 449. The Morgan fingerprint density at radius 3 is 2.56 bits per heavy atom. The number of hydrogen-bond donors (Lipinski definition) is 0. The van der Waals surface area contributed by atoms with Crippen LogP contribution in [0.5, 0.6) is 0 Å². The molecule has 0 aliphatic heterocycles. The SMILES string of the molecule is COC1(c2noc(CC#N)n2)CCC(C)(C)CC1. The van der Waals surface area contributed by atoms with Crippen LogP contribution >= 0.6 is 0 Å². The van der Waals surface area contributed by atoms with Crippen LogP contribution in [0.2, 0.25) is 0 Å². The normalized spacial score (nSPS) is 21.4. The first-order valence-electron chi connectivity index (χ1n) is 6.26. The molecule has 98 valence electrons. The van der Waals surface area contributed by atoms with Gasteiger partial charge < -0.3 is 9.26 Å². The van der Waals surface area contributed by atoms with E-state index >= 15 is 0 Å². The van der Waals surface area contributed by atoms with E-state index in [0.29, 0.717) is 17.1 Å². The Hall–Kier alpha value is -1.41. The van der Waals surface area contributed by atoms with Crippen molar-refractivity contribution in [3.8, 4) is 6.07 Å². The fourth-order valence-electron chi connectivity index (χ4n) is 2.43. The van der Waals surface area contributed by atoms with Crippen LogP contribution in [0.1, 0.15) is 51.2 Å². The molecule has 0 atom stereocenters. The zero-order chi connectivity index (χ0) is 13.2. The lowest BCUT2D eigenvalue weighted by Gasteiger charge is -2.40. The van der Waals surface area contributed by atoms with E-state index in [-0.39, 0.29) is 6.42 Å². The molecule has 0 saturated heterocycles. The van der Waals surface area contributed by atoms with Crippen molar-refractivity contribution in [1.82, 2.24) is 10.1 Å². The van der Waals surface area contributed by atoms with Crippen molar-refractivity contribution in [1.29, 1.82) is 5.26 Å². The Labute approximate surface area is 107 Å². The van der Waals surface area contributed by atoms with Crippen LogP contribution in [0.4, 0.5) is 0 Å². The lowest BCUT2D eigenvalue weighted by Crippen LogP contribution is -2.37. The van der Waals surface area contributed by atoms with Crippen molar-refractivity contribution in [3.63, 3.8) is 0 Å². The second kappa shape index (κ2) is 4.69. The third-order valence-corrected chi connectivity index (χ3v) is 3.91. The average molecular weight is 249 g/mol. The number of rotatable bonds is 3. The van der Waals surface area contributed by atoms with Crippen LogP contribution in [0.3, 0.4) is 0 Å². The highest BCUT2D eigenvalue weighted by molar-refractivity contribution is 5.06. The Morgan fingerprint density at radius 1 is 1.33 bits per heavy atom. The Balaban J connectivity index is 2.20. The third-order valence-electron chi connectivity index (χ3n) is 3.91. The van der Waals surface area contributed by atoms with Crippen molar-refractivity contribution in [2.75, 3.05) is 7.11 Å². The van der Waals surface area contributed by atoms with Gasteiger partial charge in [0.2, 0.25) is 11.7 Å². The molecule has 1 aromatic heterocycles. The summed E-state index contributed by atoms with van der Waals surface area (Å²) < 4.78 is 10.8. The molecule has 0 bridgehead atoms. The molecular formula is C13H19N3O2. The minimum absolute atomic E-state index is 0.151. The molecule has 2 rings (SSSR count). The molecule has 5 nitrogen and oxygen atoms in total. The summed E-state index contributed by atoms with van der Waals surface area (Å²) in [6.45, 7) is 4.54. The summed E-state index contributed by atoms with van der Waals surface area (Å²) in [4.78, 5) is 4.29. The summed E-state index contributed by atoms with van der Waals surface area (Å²) in [5.74, 6) is 0.958. The molecule has 5 heteroatoms. The van der Waals surface area contributed by atoms with Gasteiger partial charge in [0.05, 0.1) is 6.07 Å². The minimum Gasteiger partial charge on any atom is -0.370 e. The number of methoxy groups -OCH3 is 1. The van der Waals surface area contributed by atoms with E-state index in [4.69, 9.17) is 14.5 Å². The van der Waals surface area contributed by atoms with Crippen LogP contribution in [-0.4, -0.2) is 17.3 Å². The summed E-state index contributed by atoms with van der Waals surface area (Å²) in [5, 5.41) is 12.6. The van der Waals surface area contributed by atoms with Gasteiger partial charge in [0.1, 0.15) is 12.0 Å². The highest BCUT2D eigenvalue weighted by Gasteiger charge is 2.43. The van der Waals surface area contributed by atoms with E-state index in [1.807, 2.05) is 6.07 Å². The van der Waals surface area contributed by atoms with Gasteiger partial charge >= 0.3 is 0 Å². The molecule has 0 radical (unpaired) electrons. The molecule has 0 spiro atoms. The largest absolute Gasteiger partial charge is 0.370 e. The molecule has 1 heterocycles. The van der Waals surface area contributed by atoms with Crippen molar-refractivity contribution >= 4 is 0 Å². The molecule has 1 aliphatic carbocycles. The van der Waals surface area contributed by atoms with E-state index < -0.39 is 5.60 Å². The average Bonchev–Trinajstić information content (AvgIpc) is 2.80. The van der Waals surface area contributed by atoms with Crippen LogP contribution in [-0.2, 0) is 16.8 Å². The number of ether oxygens (including phenoxy) is 1. The number of nitriles is 1. The molecule has 1 saturated carbocycles. The van der Waals surface area contributed by atoms with Gasteiger partial charge in [-0.1, -0.05) is 19.0 Å². The zero-order valence-electron chi connectivity index (χ0n) is 11.2. The van der Waals surface area contributed by atoms with E-state index in [9.17, 15) is 0 Å². The van der Waals surface area contributed by atoms with Crippen molar-refractivity contribution < 1.29 is 9.26 Å². The minimum atomic E-state index is -0.438. The molecule has 18 heavy (non-hydrogen) atoms. The summed E-state index contributed by atoms with van der Waals surface area (Å²) in [6.07, 6.45) is 4.08.